The van der Waals surface area contributed by atoms with Gasteiger partial charge in [-0.2, -0.15) is 0 Å². The first-order valence-corrected chi connectivity index (χ1v) is 7.57. The van der Waals surface area contributed by atoms with E-state index in [0.717, 1.165) is 54.4 Å². The first-order valence-electron chi connectivity index (χ1n) is 7.19. The minimum atomic E-state index is 0.744. The Morgan fingerprint density at radius 1 is 1.47 bits per heavy atom. The largest absolute Gasteiger partial charge is 0.359 e. The summed E-state index contributed by atoms with van der Waals surface area (Å²) in [5.41, 5.74) is 0.948. The van der Waals surface area contributed by atoms with Gasteiger partial charge in [-0.15, -0.1) is 0 Å². The maximum atomic E-state index is 6.20. The van der Waals surface area contributed by atoms with Gasteiger partial charge in [0.25, 0.3) is 0 Å². The molecule has 0 saturated heterocycles. The Morgan fingerprint density at radius 3 is 2.84 bits per heavy atom. The lowest BCUT2D eigenvalue weighted by molar-refractivity contribution is 0.661. The lowest BCUT2D eigenvalue weighted by Gasteiger charge is -2.19. The molecule has 1 saturated carbocycles. The summed E-state index contributed by atoms with van der Waals surface area (Å²) in [6, 6.07) is 3.97. The van der Waals surface area contributed by atoms with Crippen molar-refractivity contribution in [1.82, 2.24) is 10.3 Å². The predicted molar refractivity (Wildman–Crippen MR) is 81.8 cm³/mol. The van der Waals surface area contributed by atoms with Crippen molar-refractivity contribution >= 4 is 17.4 Å². The predicted octanol–water partition coefficient (Wildman–Crippen LogP) is 3.33. The molecule has 1 N–H and O–H groups in total. The van der Waals surface area contributed by atoms with Gasteiger partial charge in [0.2, 0.25) is 0 Å². The van der Waals surface area contributed by atoms with Crippen molar-refractivity contribution in [2.24, 2.45) is 11.8 Å². The summed E-state index contributed by atoms with van der Waals surface area (Å²) in [5.74, 6) is 2.74. The molecule has 106 valence electrons. The van der Waals surface area contributed by atoms with Gasteiger partial charge in [0, 0.05) is 20.1 Å². The normalized spacial score (nSPS) is 21.5. The molecule has 3 nitrogen and oxygen atoms in total. The van der Waals surface area contributed by atoms with Crippen LogP contribution in [0.25, 0.3) is 0 Å². The van der Waals surface area contributed by atoms with Crippen molar-refractivity contribution < 1.29 is 0 Å². The Morgan fingerprint density at radius 2 is 2.21 bits per heavy atom. The molecular formula is C15H24ClN3. The summed E-state index contributed by atoms with van der Waals surface area (Å²) < 4.78 is 0. The Balaban J connectivity index is 1.98. The lowest BCUT2D eigenvalue weighted by atomic mass is 10.3. The van der Waals surface area contributed by atoms with Crippen LogP contribution in [-0.2, 0) is 6.54 Å². The minimum Gasteiger partial charge on any atom is -0.359 e. The third-order valence-electron chi connectivity index (χ3n) is 3.80. The van der Waals surface area contributed by atoms with Gasteiger partial charge in [0.15, 0.2) is 0 Å². The Bertz CT molecular complexity index is 422. The molecular weight excluding hydrogens is 258 g/mol. The van der Waals surface area contributed by atoms with E-state index in [1.807, 2.05) is 12.1 Å². The molecule has 19 heavy (non-hydrogen) atoms. The van der Waals surface area contributed by atoms with Gasteiger partial charge in [-0.25, -0.2) is 4.98 Å². The third-order valence-corrected chi connectivity index (χ3v) is 4.14. The summed E-state index contributed by atoms with van der Waals surface area (Å²) >= 11 is 6.20. The van der Waals surface area contributed by atoms with Crippen LogP contribution in [0.4, 0.5) is 5.82 Å². The fourth-order valence-electron chi connectivity index (χ4n) is 2.29. The van der Waals surface area contributed by atoms with E-state index < -0.39 is 0 Å². The van der Waals surface area contributed by atoms with Crippen molar-refractivity contribution in [2.75, 3.05) is 25.0 Å². The van der Waals surface area contributed by atoms with Crippen LogP contribution in [0.2, 0.25) is 5.02 Å². The number of halogens is 1. The van der Waals surface area contributed by atoms with Gasteiger partial charge >= 0.3 is 0 Å². The molecule has 4 heteroatoms. The van der Waals surface area contributed by atoms with Crippen LogP contribution in [0.5, 0.6) is 0 Å². The monoisotopic (exact) mass is 281 g/mol. The van der Waals surface area contributed by atoms with E-state index >= 15 is 0 Å². The minimum absolute atomic E-state index is 0.744. The Labute approximate surface area is 121 Å². The number of pyridine rings is 1. The summed E-state index contributed by atoms with van der Waals surface area (Å²) in [5, 5.41) is 4.10. The molecule has 1 heterocycles. The first-order chi connectivity index (χ1) is 9.11. The topological polar surface area (TPSA) is 28.2 Å². The highest BCUT2D eigenvalue weighted by molar-refractivity contribution is 6.31. The molecule has 2 atom stereocenters. The highest BCUT2D eigenvalue weighted by atomic mass is 35.5. The van der Waals surface area contributed by atoms with Crippen LogP contribution in [-0.4, -0.2) is 25.1 Å². The number of rotatable bonds is 7. The second-order valence-electron chi connectivity index (χ2n) is 5.63. The summed E-state index contributed by atoms with van der Waals surface area (Å²) in [6.45, 7) is 7.31. The van der Waals surface area contributed by atoms with E-state index in [9.17, 15) is 0 Å². The van der Waals surface area contributed by atoms with Crippen LogP contribution in [0.3, 0.4) is 0 Å². The molecule has 1 fully saturated rings. The average molecular weight is 282 g/mol. The van der Waals surface area contributed by atoms with Crippen molar-refractivity contribution in [1.29, 1.82) is 0 Å². The zero-order chi connectivity index (χ0) is 13.8. The number of aromatic nitrogens is 1. The molecule has 0 aromatic carbocycles. The molecule has 0 bridgehead atoms. The van der Waals surface area contributed by atoms with E-state index in [-0.39, 0.29) is 0 Å². The molecule has 2 unspecified atom stereocenters. The molecule has 1 aromatic heterocycles. The molecule has 2 rings (SSSR count). The van der Waals surface area contributed by atoms with Crippen LogP contribution in [0.1, 0.15) is 32.4 Å². The zero-order valence-corrected chi connectivity index (χ0v) is 12.9. The van der Waals surface area contributed by atoms with E-state index in [2.05, 4.69) is 36.1 Å². The second-order valence-corrected chi connectivity index (χ2v) is 6.04. The van der Waals surface area contributed by atoms with Crippen LogP contribution < -0.4 is 10.2 Å². The number of nitrogens with zero attached hydrogens (tertiary/aromatic N) is 2. The van der Waals surface area contributed by atoms with Crippen molar-refractivity contribution in [3.8, 4) is 0 Å². The maximum Gasteiger partial charge on any atom is 0.128 e. The van der Waals surface area contributed by atoms with Crippen molar-refractivity contribution in [2.45, 2.75) is 33.2 Å². The summed E-state index contributed by atoms with van der Waals surface area (Å²) in [4.78, 5) is 6.93. The van der Waals surface area contributed by atoms with Crippen LogP contribution in [0, 0.1) is 11.8 Å². The van der Waals surface area contributed by atoms with Crippen LogP contribution >= 0.6 is 11.6 Å². The van der Waals surface area contributed by atoms with E-state index in [1.165, 1.54) is 6.42 Å². The van der Waals surface area contributed by atoms with Crippen molar-refractivity contribution in [3.05, 3.63) is 22.8 Å². The standard InChI is InChI=1S/C15H24ClN3/c1-4-7-17-9-14-13(16)5-6-15(18-14)19(3)10-12-8-11(12)2/h5-6,11-12,17H,4,7-10H2,1-3H3. The molecule has 0 spiro atoms. The highest BCUT2D eigenvalue weighted by Crippen LogP contribution is 2.38. The number of hydrogen-bond donors (Lipinski definition) is 1. The van der Waals surface area contributed by atoms with Gasteiger partial charge < -0.3 is 10.2 Å². The van der Waals surface area contributed by atoms with Gasteiger partial charge in [-0.1, -0.05) is 25.4 Å². The molecule has 0 aliphatic heterocycles. The van der Waals surface area contributed by atoms with E-state index in [1.54, 1.807) is 0 Å². The molecule has 0 amide bonds. The van der Waals surface area contributed by atoms with Crippen molar-refractivity contribution in [3.63, 3.8) is 0 Å². The number of nitrogens with one attached hydrogen (secondary N) is 1. The van der Waals surface area contributed by atoms with Gasteiger partial charge in [-0.3, -0.25) is 0 Å². The van der Waals surface area contributed by atoms with Gasteiger partial charge in [-0.05, 0) is 43.4 Å². The maximum absolute atomic E-state index is 6.20. The number of anilines is 1. The molecule has 1 aliphatic carbocycles. The number of hydrogen-bond acceptors (Lipinski definition) is 3. The quantitative estimate of drug-likeness (QED) is 0.777. The van der Waals surface area contributed by atoms with Gasteiger partial charge in [0.05, 0.1) is 10.7 Å². The SMILES string of the molecule is CCCNCc1nc(N(C)CC2CC2C)ccc1Cl. The van der Waals surface area contributed by atoms with Gasteiger partial charge in [0.1, 0.15) is 5.82 Å². The second kappa shape index (κ2) is 6.58. The molecule has 0 radical (unpaired) electrons. The fourth-order valence-corrected chi connectivity index (χ4v) is 2.46. The Kier molecular flexibility index (Phi) is 5.06. The van der Waals surface area contributed by atoms with E-state index in [0.29, 0.717) is 0 Å². The average Bonchev–Trinajstić information content (AvgIpc) is 3.07. The summed E-state index contributed by atoms with van der Waals surface area (Å²) in [6.07, 6.45) is 2.47. The summed E-state index contributed by atoms with van der Waals surface area (Å²) in [7, 11) is 2.12. The first kappa shape index (κ1) is 14.6. The molecule has 1 aromatic rings. The lowest BCUT2D eigenvalue weighted by Crippen LogP contribution is -2.23. The smallest absolute Gasteiger partial charge is 0.128 e. The molecule has 1 aliphatic rings. The fraction of sp³-hybridized carbons (Fsp3) is 0.667. The van der Waals surface area contributed by atoms with E-state index in [4.69, 9.17) is 11.6 Å². The third kappa shape index (κ3) is 4.08. The Hall–Kier alpha value is -0.800. The zero-order valence-electron chi connectivity index (χ0n) is 12.1. The highest BCUT2D eigenvalue weighted by Gasteiger charge is 2.33. The van der Waals surface area contributed by atoms with Crippen LogP contribution in [0.15, 0.2) is 12.1 Å².